The van der Waals surface area contributed by atoms with Gasteiger partial charge in [0.05, 0.1) is 5.75 Å². The standard InChI is InChI=1S/C12H18O3S/c1-2-3-4-5-6-16-9-10-7-11(13)12(14)8-15-10/h7-8,14H,2-6,9H2,1H3. The van der Waals surface area contributed by atoms with E-state index in [9.17, 15) is 4.79 Å². The Morgan fingerprint density at radius 3 is 2.88 bits per heavy atom. The molecule has 0 amide bonds. The zero-order chi connectivity index (χ0) is 11.8. The molecule has 0 atom stereocenters. The molecule has 4 heteroatoms. The zero-order valence-electron chi connectivity index (χ0n) is 9.57. The van der Waals surface area contributed by atoms with Crippen LogP contribution >= 0.6 is 11.8 Å². The lowest BCUT2D eigenvalue weighted by Crippen LogP contribution is -1.99. The predicted molar refractivity (Wildman–Crippen MR) is 66.9 cm³/mol. The lowest BCUT2D eigenvalue weighted by Gasteiger charge is -2.01. The van der Waals surface area contributed by atoms with Gasteiger partial charge in [-0.05, 0) is 12.2 Å². The van der Waals surface area contributed by atoms with Gasteiger partial charge in [-0.25, -0.2) is 0 Å². The minimum atomic E-state index is -0.368. The monoisotopic (exact) mass is 242 g/mol. The number of unbranched alkanes of at least 4 members (excludes halogenated alkanes) is 3. The van der Waals surface area contributed by atoms with Crippen LogP contribution in [0.1, 0.15) is 38.4 Å². The molecule has 1 N–H and O–H groups in total. The van der Waals surface area contributed by atoms with Gasteiger partial charge in [-0.15, -0.1) is 0 Å². The smallest absolute Gasteiger partial charge is 0.226 e. The number of thioether (sulfide) groups is 1. The van der Waals surface area contributed by atoms with Crippen LogP contribution in [0.3, 0.4) is 0 Å². The third-order valence-corrected chi connectivity index (χ3v) is 3.32. The van der Waals surface area contributed by atoms with E-state index in [1.54, 1.807) is 11.8 Å². The summed E-state index contributed by atoms with van der Waals surface area (Å²) in [5.74, 6) is 2.09. The minimum absolute atomic E-state index is 0.323. The Balaban J connectivity index is 2.22. The summed E-state index contributed by atoms with van der Waals surface area (Å²) in [6, 6.07) is 1.36. The number of rotatable bonds is 7. The van der Waals surface area contributed by atoms with Crippen LogP contribution in [-0.2, 0) is 5.75 Å². The molecule has 1 rings (SSSR count). The summed E-state index contributed by atoms with van der Waals surface area (Å²) in [6.07, 6.45) is 6.12. The van der Waals surface area contributed by atoms with E-state index in [1.807, 2.05) is 0 Å². The van der Waals surface area contributed by atoms with Crippen LogP contribution in [0.15, 0.2) is 21.5 Å². The van der Waals surface area contributed by atoms with Crippen LogP contribution in [0.25, 0.3) is 0 Å². The normalized spacial score (nSPS) is 10.6. The van der Waals surface area contributed by atoms with E-state index >= 15 is 0 Å². The lowest BCUT2D eigenvalue weighted by atomic mass is 10.2. The lowest BCUT2D eigenvalue weighted by molar-refractivity contribution is 0.419. The number of hydrogen-bond acceptors (Lipinski definition) is 4. The SMILES string of the molecule is CCCCCCSCc1cc(=O)c(O)co1. The molecular weight excluding hydrogens is 224 g/mol. The largest absolute Gasteiger partial charge is 0.502 e. The van der Waals surface area contributed by atoms with Crippen LogP contribution in [0.2, 0.25) is 0 Å². The van der Waals surface area contributed by atoms with E-state index < -0.39 is 0 Å². The Morgan fingerprint density at radius 1 is 1.38 bits per heavy atom. The van der Waals surface area contributed by atoms with Gasteiger partial charge in [-0.3, -0.25) is 4.79 Å². The maximum absolute atomic E-state index is 11.1. The summed E-state index contributed by atoms with van der Waals surface area (Å²) >= 11 is 1.76. The number of hydrogen-bond donors (Lipinski definition) is 1. The summed E-state index contributed by atoms with van der Waals surface area (Å²) in [5.41, 5.74) is -0.368. The molecule has 0 radical (unpaired) electrons. The molecule has 0 aliphatic heterocycles. The Labute approximate surface area is 99.9 Å². The summed E-state index contributed by atoms with van der Waals surface area (Å²) in [5, 5.41) is 9.00. The highest BCUT2D eigenvalue weighted by Gasteiger charge is 2.01. The van der Waals surface area contributed by atoms with E-state index in [4.69, 9.17) is 9.52 Å². The second-order valence-electron chi connectivity index (χ2n) is 3.71. The topological polar surface area (TPSA) is 50.4 Å². The molecule has 0 aromatic carbocycles. The first-order valence-corrected chi connectivity index (χ1v) is 6.78. The molecular formula is C12H18O3S. The quantitative estimate of drug-likeness (QED) is 0.746. The van der Waals surface area contributed by atoms with Gasteiger partial charge in [0.1, 0.15) is 12.0 Å². The fourth-order valence-corrected chi connectivity index (χ4v) is 2.23. The second-order valence-corrected chi connectivity index (χ2v) is 4.81. The molecule has 0 fully saturated rings. The van der Waals surface area contributed by atoms with Gasteiger partial charge in [-0.2, -0.15) is 11.8 Å². The first-order valence-electron chi connectivity index (χ1n) is 5.62. The molecule has 0 aliphatic rings. The molecule has 0 spiro atoms. The molecule has 0 bridgehead atoms. The van der Waals surface area contributed by atoms with Crippen LogP contribution < -0.4 is 5.43 Å². The van der Waals surface area contributed by atoms with Crippen LogP contribution in [0, 0.1) is 0 Å². The summed E-state index contributed by atoms with van der Waals surface area (Å²) in [6.45, 7) is 2.19. The zero-order valence-corrected chi connectivity index (χ0v) is 10.4. The van der Waals surface area contributed by atoms with Crippen molar-refractivity contribution in [1.29, 1.82) is 0 Å². The van der Waals surface area contributed by atoms with Gasteiger partial charge in [0.2, 0.25) is 5.43 Å². The second kappa shape index (κ2) is 7.39. The highest BCUT2D eigenvalue weighted by atomic mass is 32.2. The Kier molecular flexibility index (Phi) is 6.08. The Bertz CT molecular complexity index is 360. The molecule has 0 saturated heterocycles. The molecule has 0 unspecified atom stereocenters. The maximum atomic E-state index is 11.1. The van der Waals surface area contributed by atoms with E-state index in [0.29, 0.717) is 11.5 Å². The highest BCUT2D eigenvalue weighted by Crippen LogP contribution is 2.14. The van der Waals surface area contributed by atoms with Crippen molar-refractivity contribution in [2.45, 2.75) is 38.4 Å². The van der Waals surface area contributed by atoms with E-state index in [0.717, 1.165) is 12.0 Å². The van der Waals surface area contributed by atoms with Gasteiger partial charge in [0.15, 0.2) is 5.75 Å². The highest BCUT2D eigenvalue weighted by molar-refractivity contribution is 7.98. The van der Waals surface area contributed by atoms with Crippen LogP contribution in [-0.4, -0.2) is 10.9 Å². The first kappa shape index (κ1) is 13.2. The van der Waals surface area contributed by atoms with Crippen molar-refractivity contribution in [2.24, 2.45) is 0 Å². The summed E-state index contributed by atoms with van der Waals surface area (Å²) in [7, 11) is 0. The van der Waals surface area contributed by atoms with Crippen molar-refractivity contribution < 1.29 is 9.52 Å². The maximum Gasteiger partial charge on any atom is 0.226 e. The number of aromatic hydroxyl groups is 1. The minimum Gasteiger partial charge on any atom is -0.502 e. The third kappa shape index (κ3) is 4.75. The fraction of sp³-hybridized carbons (Fsp3) is 0.583. The van der Waals surface area contributed by atoms with Crippen LogP contribution in [0.4, 0.5) is 0 Å². The summed E-state index contributed by atoms with van der Waals surface area (Å²) < 4.78 is 5.10. The van der Waals surface area contributed by atoms with Crippen molar-refractivity contribution in [3.05, 3.63) is 28.3 Å². The van der Waals surface area contributed by atoms with E-state index in [1.165, 1.54) is 31.7 Å². The molecule has 90 valence electrons. The van der Waals surface area contributed by atoms with Gasteiger partial charge in [0.25, 0.3) is 0 Å². The van der Waals surface area contributed by atoms with Crippen molar-refractivity contribution in [3.8, 4) is 5.75 Å². The van der Waals surface area contributed by atoms with Crippen molar-refractivity contribution in [2.75, 3.05) is 5.75 Å². The average molecular weight is 242 g/mol. The molecule has 1 heterocycles. The predicted octanol–water partition coefficient (Wildman–Crippen LogP) is 3.16. The summed E-state index contributed by atoms with van der Waals surface area (Å²) in [4.78, 5) is 11.1. The van der Waals surface area contributed by atoms with Gasteiger partial charge in [0, 0.05) is 6.07 Å². The van der Waals surface area contributed by atoms with E-state index in [-0.39, 0.29) is 11.2 Å². The molecule has 1 aromatic heterocycles. The van der Waals surface area contributed by atoms with Crippen LogP contribution in [0.5, 0.6) is 5.75 Å². The molecule has 1 aromatic rings. The van der Waals surface area contributed by atoms with Gasteiger partial charge in [-0.1, -0.05) is 26.2 Å². The van der Waals surface area contributed by atoms with Crippen molar-refractivity contribution >= 4 is 11.8 Å². The Hall–Kier alpha value is -0.900. The Morgan fingerprint density at radius 2 is 2.19 bits per heavy atom. The first-order chi connectivity index (χ1) is 7.74. The van der Waals surface area contributed by atoms with Crippen molar-refractivity contribution in [1.82, 2.24) is 0 Å². The van der Waals surface area contributed by atoms with Crippen molar-refractivity contribution in [3.63, 3.8) is 0 Å². The van der Waals surface area contributed by atoms with Gasteiger partial charge < -0.3 is 9.52 Å². The average Bonchev–Trinajstić information content (AvgIpc) is 2.28. The van der Waals surface area contributed by atoms with Gasteiger partial charge >= 0.3 is 0 Å². The fourth-order valence-electron chi connectivity index (χ4n) is 1.32. The van der Waals surface area contributed by atoms with E-state index in [2.05, 4.69) is 6.92 Å². The molecule has 0 aliphatic carbocycles. The third-order valence-electron chi connectivity index (χ3n) is 2.25. The molecule has 0 saturated carbocycles. The molecule has 16 heavy (non-hydrogen) atoms. The molecule has 3 nitrogen and oxygen atoms in total.